The highest BCUT2D eigenvalue weighted by atomic mass is 16.1. The quantitative estimate of drug-likeness (QED) is 0.731. The summed E-state index contributed by atoms with van der Waals surface area (Å²) in [5, 5.41) is 0. The van der Waals surface area contributed by atoms with E-state index in [-0.39, 0.29) is 6.04 Å². The number of aldehydes is 1. The van der Waals surface area contributed by atoms with Crippen LogP contribution in [0.4, 0.5) is 0 Å². The van der Waals surface area contributed by atoms with Crippen LogP contribution in [0.3, 0.4) is 0 Å². The van der Waals surface area contributed by atoms with Gasteiger partial charge in [-0.15, -0.1) is 0 Å². The zero-order valence-electron chi connectivity index (χ0n) is 14.7. The summed E-state index contributed by atoms with van der Waals surface area (Å²) < 4.78 is 0. The average molecular weight is 321 g/mol. The number of benzene rings is 2. The fourth-order valence-corrected chi connectivity index (χ4v) is 4.08. The van der Waals surface area contributed by atoms with E-state index < -0.39 is 0 Å². The van der Waals surface area contributed by atoms with Gasteiger partial charge in [-0.05, 0) is 62.3 Å². The van der Waals surface area contributed by atoms with Gasteiger partial charge in [0.15, 0.2) is 0 Å². The molecule has 3 rings (SSSR count). The standard InChI is InChI=1S/C22H27NO/c1-17-8-6-7-11-21(17)22(16-24)23(2)20-14-12-19(13-15-20)18-9-4-3-5-10-18/h3-11,16,19-20,22H,12-15H2,1-2H3. The Balaban J connectivity index is 1.67. The van der Waals surface area contributed by atoms with Crippen molar-refractivity contribution in [2.24, 2.45) is 0 Å². The second-order valence-corrected chi connectivity index (χ2v) is 7.02. The summed E-state index contributed by atoms with van der Waals surface area (Å²) in [5.74, 6) is 0.670. The number of carbonyl (C=O) groups is 1. The van der Waals surface area contributed by atoms with Gasteiger partial charge in [0.2, 0.25) is 0 Å². The van der Waals surface area contributed by atoms with Crippen molar-refractivity contribution in [3.8, 4) is 0 Å². The largest absolute Gasteiger partial charge is 0.301 e. The lowest BCUT2D eigenvalue weighted by atomic mass is 9.81. The van der Waals surface area contributed by atoms with Crippen LogP contribution in [0.2, 0.25) is 0 Å². The predicted octanol–water partition coefficient (Wildman–Crippen LogP) is 4.89. The molecular formula is C22H27NO. The molecule has 1 saturated carbocycles. The molecule has 2 heteroatoms. The highest BCUT2D eigenvalue weighted by molar-refractivity contribution is 5.62. The zero-order chi connectivity index (χ0) is 16.9. The molecule has 0 heterocycles. The molecule has 2 aromatic rings. The second kappa shape index (κ2) is 7.76. The van der Waals surface area contributed by atoms with Crippen LogP contribution in [0, 0.1) is 6.92 Å². The Morgan fingerprint density at radius 2 is 1.58 bits per heavy atom. The molecule has 0 aliphatic heterocycles. The summed E-state index contributed by atoms with van der Waals surface area (Å²) >= 11 is 0. The van der Waals surface area contributed by atoms with Gasteiger partial charge in [-0.25, -0.2) is 0 Å². The van der Waals surface area contributed by atoms with E-state index >= 15 is 0 Å². The van der Waals surface area contributed by atoms with E-state index in [1.807, 2.05) is 12.1 Å². The van der Waals surface area contributed by atoms with Crippen molar-refractivity contribution in [2.75, 3.05) is 7.05 Å². The number of carbonyl (C=O) groups excluding carboxylic acids is 1. The molecule has 0 saturated heterocycles. The Labute approximate surface area is 145 Å². The Morgan fingerprint density at radius 1 is 0.958 bits per heavy atom. The Kier molecular flexibility index (Phi) is 5.47. The lowest BCUT2D eigenvalue weighted by Crippen LogP contribution is -2.38. The fourth-order valence-electron chi connectivity index (χ4n) is 4.08. The van der Waals surface area contributed by atoms with E-state index in [1.54, 1.807) is 0 Å². The van der Waals surface area contributed by atoms with Gasteiger partial charge < -0.3 is 4.79 Å². The highest BCUT2D eigenvalue weighted by Gasteiger charge is 2.29. The molecule has 1 unspecified atom stereocenters. The van der Waals surface area contributed by atoms with Crippen molar-refractivity contribution in [1.82, 2.24) is 4.90 Å². The van der Waals surface area contributed by atoms with E-state index in [9.17, 15) is 4.79 Å². The minimum Gasteiger partial charge on any atom is -0.301 e. The van der Waals surface area contributed by atoms with Gasteiger partial charge in [0.1, 0.15) is 6.29 Å². The molecular weight excluding hydrogens is 294 g/mol. The monoisotopic (exact) mass is 321 g/mol. The molecule has 0 bridgehead atoms. The Hall–Kier alpha value is -1.93. The molecule has 24 heavy (non-hydrogen) atoms. The summed E-state index contributed by atoms with van der Waals surface area (Å²) in [6.45, 7) is 2.09. The molecule has 0 N–H and O–H groups in total. The molecule has 0 spiro atoms. The first-order chi connectivity index (χ1) is 11.7. The SMILES string of the molecule is Cc1ccccc1C(C=O)N(C)C1CCC(c2ccccc2)CC1. The summed E-state index contributed by atoms with van der Waals surface area (Å²) in [7, 11) is 2.11. The molecule has 1 fully saturated rings. The lowest BCUT2D eigenvalue weighted by Gasteiger charge is -2.38. The van der Waals surface area contributed by atoms with Gasteiger partial charge in [0.05, 0.1) is 6.04 Å². The predicted molar refractivity (Wildman–Crippen MR) is 99.2 cm³/mol. The minimum absolute atomic E-state index is 0.135. The normalized spacial score (nSPS) is 22.3. The first kappa shape index (κ1) is 16.9. The average Bonchev–Trinajstić information content (AvgIpc) is 2.64. The van der Waals surface area contributed by atoms with E-state index in [0.29, 0.717) is 12.0 Å². The van der Waals surface area contributed by atoms with Crippen LogP contribution >= 0.6 is 0 Å². The molecule has 1 aliphatic carbocycles. The van der Waals surface area contributed by atoms with Crippen LogP contribution in [0.5, 0.6) is 0 Å². The first-order valence-corrected chi connectivity index (χ1v) is 8.98. The van der Waals surface area contributed by atoms with Crippen LogP contribution in [-0.4, -0.2) is 24.3 Å². The van der Waals surface area contributed by atoms with Crippen molar-refractivity contribution in [1.29, 1.82) is 0 Å². The number of aryl methyl sites for hydroxylation is 1. The summed E-state index contributed by atoms with van der Waals surface area (Å²) in [6, 6.07) is 19.4. The third kappa shape index (κ3) is 3.59. The van der Waals surface area contributed by atoms with Gasteiger partial charge in [-0.3, -0.25) is 4.90 Å². The van der Waals surface area contributed by atoms with Crippen LogP contribution in [0.1, 0.15) is 54.3 Å². The molecule has 0 amide bonds. The van der Waals surface area contributed by atoms with Crippen molar-refractivity contribution in [3.63, 3.8) is 0 Å². The van der Waals surface area contributed by atoms with Crippen molar-refractivity contribution in [2.45, 2.75) is 50.6 Å². The molecule has 0 aromatic heterocycles. The Bertz CT molecular complexity index is 659. The molecule has 0 radical (unpaired) electrons. The molecule has 126 valence electrons. The van der Waals surface area contributed by atoms with Gasteiger partial charge in [-0.2, -0.15) is 0 Å². The number of hydrogen-bond acceptors (Lipinski definition) is 2. The van der Waals surface area contributed by atoms with Gasteiger partial charge in [0.25, 0.3) is 0 Å². The van der Waals surface area contributed by atoms with Crippen molar-refractivity contribution < 1.29 is 4.79 Å². The van der Waals surface area contributed by atoms with Gasteiger partial charge in [-0.1, -0.05) is 54.6 Å². The zero-order valence-corrected chi connectivity index (χ0v) is 14.7. The van der Waals surface area contributed by atoms with Crippen molar-refractivity contribution >= 4 is 6.29 Å². The van der Waals surface area contributed by atoms with Gasteiger partial charge >= 0.3 is 0 Å². The maximum Gasteiger partial charge on any atom is 0.141 e. The Morgan fingerprint density at radius 3 is 2.21 bits per heavy atom. The van der Waals surface area contributed by atoms with E-state index in [4.69, 9.17) is 0 Å². The maximum absolute atomic E-state index is 11.8. The van der Waals surface area contributed by atoms with Crippen LogP contribution in [-0.2, 0) is 4.79 Å². The van der Waals surface area contributed by atoms with Crippen LogP contribution < -0.4 is 0 Å². The highest BCUT2D eigenvalue weighted by Crippen LogP contribution is 2.36. The number of nitrogens with zero attached hydrogens (tertiary/aromatic N) is 1. The molecule has 2 aromatic carbocycles. The summed E-state index contributed by atoms with van der Waals surface area (Å²) in [6.07, 6.45) is 5.83. The van der Waals surface area contributed by atoms with Crippen molar-refractivity contribution in [3.05, 3.63) is 71.3 Å². The third-order valence-corrected chi connectivity index (χ3v) is 5.62. The lowest BCUT2D eigenvalue weighted by molar-refractivity contribution is -0.113. The number of rotatable bonds is 5. The number of hydrogen-bond donors (Lipinski definition) is 0. The molecule has 1 atom stereocenters. The van der Waals surface area contributed by atoms with E-state index in [2.05, 4.69) is 61.3 Å². The minimum atomic E-state index is -0.135. The second-order valence-electron chi connectivity index (χ2n) is 7.02. The molecule has 1 aliphatic rings. The van der Waals surface area contributed by atoms with Gasteiger partial charge in [0, 0.05) is 6.04 Å². The van der Waals surface area contributed by atoms with E-state index in [1.165, 1.54) is 24.0 Å². The third-order valence-electron chi connectivity index (χ3n) is 5.62. The number of likely N-dealkylation sites (N-methyl/N-ethyl adjacent to an activating group) is 1. The first-order valence-electron chi connectivity index (χ1n) is 8.98. The van der Waals surface area contributed by atoms with Crippen LogP contribution in [0.15, 0.2) is 54.6 Å². The maximum atomic E-state index is 11.8. The topological polar surface area (TPSA) is 20.3 Å². The summed E-state index contributed by atoms with van der Waals surface area (Å²) in [4.78, 5) is 14.1. The van der Waals surface area contributed by atoms with Crippen LogP contribution in [0.25, 0.3) is 0 Å². The van der Waals surface area contributed by atoms with E-state index in [0.717, 1.165) is 24.7 Å². The molecule has 2 nitrogen and oxygen atoms in total. The fraction of sp³-hybridized carbons (Fsp3) is 0.409. The summed E-state index contributed by atoms with van der Waals surface area (Å²) in [5.41, 5.74) is 3.80. The smallest absolute Gasteiger partial charge is 0.141 e.